The number of methoxy groups -OCH3 is 1. The van der Waals surface area contributed by atoms with Crippen LogP contribution in [0.25, 0.3) is 6.08 Å². The van der Waals surface area contributed by atoms with E-state index < -0.39 is 0 Å². The van der Waals surface area contributed by atoms with Gasteiger partial charge in [-0.05, 0) is 30.5 Å². The molecule has 1 atom stereocenters. The van der Waals surface area contributed by atoms with Crippen molar-refractivity contribution in [1.82, 2.24) is 0 Å². The standard InChI is InChI=1S/C13H19NO/c1-3-12(14)8-4-6-11-7-5-9-13(10-11)15-2/h4-7,9-10,12H,3,8,14H2,1-2H3/b6-4+. The van der Waals surface area contributed by atoms with Crippen LogP contribution in [-0.4, -0.2) is 13.2 Å². The highest BCUT2D eigenvalue weighted by Gasteiger charge is 1.94. The highest BCUT2D eigenvalue weighted by molar-refractivity contribution is 5.51. The summed E-state index contributed by atoms with van der Waals surface area (Å²) >= 11 is 0. The Kier molecular flexibility index (Phi) is 4.91. The molecule has 0 aliphatic carbocycles. The number of benzene rings is 1. The van der Waals surface area contributed by atoms with Gasteiger partial charge in [-0.3, -0.25) is 0 Å². The first-order valence-corrected chi connectivity index (χ1v) is 5.32. The normalized spacial score (nSPS) is 13.0. The third-order valence-electron chi connectivity index (χ3n) is 2.37. The van der Waals surface area contributed by atoms with E-state index in [-0.39, 0.29) is 6.04 Å². The van der Waals surface area contributed by atoms with Crippen LogP contribution in [0.1, 0.15) is 25.3 Å². The van der Waals surface area contributed by atoms with E-state index in [1.54, 1.807) is 7.11 Å². The van der Waals surface area contributed by atoms with Gasteiger partial charge < -0.3 is 10.5 Å². The van der Waals surface area contributed by atoms with E-state index in [2.05, 4.69) is 25.1 Å². The first kappa shape index (κ1) is 11.8. The van der Waals surface area contributed by atoms with Crippen LogP contribution in [0.5, 0.6) is 5.75 Å². The fraction of sp³-hybridized carbons (Fsp3) is 0.385. The van der Waals surface area contributed by atoms with E-state index in [1.807, 2.05) is 18.2 Å². The monoisotopic (exact) mass is 205 g/mol. The largest absolute Gasteiger partial charge is 0.497 e. The highest BCUT2D eigenvalue weighted by Crippen LogP contribution is 2.14. The van der Waals surface area contributed by atoms with E-state index in [1.165, 1.54) is 0 Å². The molecule has 1 unspecified atom stereocenters. The highest BCUT2D eigenvalue weighted by atomic mass is 16.5. The maximum Gasteiger partial charge on any atom is 0.119 e. The van der Waals surface area contributed by atoms with Gasteiger partial charge in [0.05, 0.1) is 7.11 Å². The van der Waals surface area contributed by atoms with Crippen molar-refractivity contribution in [3.8, 4) is 5.75 Å². The SMILES string of the molecule is CCC(N)C/C=C/c1cccc(OC)c1. The van der Waals surface area contributed by atoms with E-state index in [0.29, 0.717) is 0 Å². The molecule has 0 saturated heterocycles. The molecule has 0 saturated carbocycles. The molecule has 0 radical (unpaired) electrons. The van der Waals surface area contributed by atoms with Crippen LogP contribution in [0.2, 0.25) is 0 Å². The van der Waals surface area contributed by atoms with Gasteiger partial charge in [0, 0.05) is 6.04 Å². The summed E-state index contributed by atoms with van der Waals surface area (Å²) in [7, 11) is 1.68. The fourth-order valence-electron chi connectivity index (χ4n) is 1.29. The minimum atomic E-state index is 0.270. The number of hydrogen-bond donors (Lipinski definition) is 1. The van der Waals surface area contributed by atoms with Gasteiger partial charge in [-0.15, -0.1) is 0 Å². The van der Waals surface area contributed by atoms with Crippen LogP contribution in [0.3, 0.4) is 0 Å². The van der Waals surface area contributed by atoms with E-state index in [4.69, 9.17) is 10.5 Å². The second-order valence-corrected chi connectivity index (χ2v) is 3.58. The molecule has 82 valence electrons. The Morgan fingerprint density at radius 2 is 2.27 bits per heavy atom. The fourth-order valence-corrected chi connectivity index (χ4v) is 1.29. The van der Waals surface area contributed by atoms with Crippen molar-refractivity contribution in [3.05, 3.63) is 35.9 Å². The molecule has 2 nitrogen and oxygen atoms in total. The first-order chi connectivity index (χ1) is 7.26. The van der Waals surface area contributed by atoms with Crippen LogP contribution in [-0.2, 0) is 0 Å². The van der Waals surface area contributed by atoms with E-state index in [0.717, 1.165) is 24.2 Å². The molecule has 2 N–H and O–H groups in total. The molecule has 0 aliphatic rings. The van der Waals surface area contributed by atoms with Gasteiger partial charge in [-0.1, -0.05) is 31.2 Å². The second kappa shape index (κ2) is 6.25. The molecule has 0 bridgehead atoms. The summed E-state index contributed by atoms with van der Waals surface area (Å²) in [6.07, 6.45) is 6.14. The second-order valence-electron chi connectivity index (χ2n) is 3.58. The van der Waals surface area contributed by atoms with Crippen molar-refractivity contribution in [2.75, 3.05) is 7.11 Å². The van der Waals surface area contributed by atoms with E-state index in [9.17, 15) is 0 Å². The van der Waals surface area contributed by atoms with Crippen LogP contribution in [0.15, 0.2) is 30.3 Å². The molecule has 0 heterocycles. The summed E-state index contributed by atoms with van der Waals surface area (Å²) in [6, 6.07) is 8.25. The molecule has 2 heteroatoms. The van der Waals surface area contributed by atoms with Crippen molar-refractivity contribution in [1.29, 1.82) is 0 Å². The van der Waals surface area contributed by atoms with Gasteiger partial charge in [0.2, 0.25) is 0 Å². The van der Waals surface area contributed by atoms with Crippen molar-refractivity contribution in [2.24, 2.45) is 5.73 Å². The number of ether oxygens (including phenoxy) is 1. The molecule has 0 fully saturated rings. The molecule has 15 heavy (non-hydrogen) atoms. The van der Waals surface area contributed by atoms with Crippen LogP contribution in [0, 0.1) is 0 Å². The van der Waals surface area contributed by atoms with Crippen LogP contribution in [0.4, 0.5) is 0 Å². The van der Waals surface area contributed by atoms with Gasteiger partial charge in [-0.25, -0.2) is 0 Å². The molecular formula is C13H19NO. The lowest BCUT2D eigenvalue weighted by Gasteiger charge is -2.03. The molecule has 1 aromatic rings. The number of nitrogens with two attached hydrogens (primary N) is 1. The lowest BCUT2D eigenvalue weighted by molar-refractivity contribution is 0.414. The Hall–Kier alpha value is -1.28. The molecule has 1 aromatic carbocycles. The minimum absolute atomic E-state index is 0.270. The zero-order valence-corrected chi connectivity index (χ0v) is 9.44. The summed E-state index contributed by atoms with van der Waals surface area (Å²) in [4.78, 5) is 0. The summed E-state index contributed by atoms with van der Waals surface area (Å²) in [5.74, 6) is 0.886. The zero-order valence-electron chi connectivity index (χ0n) is 9.44. The molecule has 0 aliphatic heterocycles. The quantitative estimate of drug-likeness (QED) is 0.802. The van der Waals surface area contributed by atoms with Crippen molar-refractivity contribution >= 4 is 6.08 Å². The Bertz CT molecular complexity index is 320. The van der Waals surface area contributed by atoms with Crippen molar-refractivity contribution < 1.29 is 4.74 Å². The maximum atomic E-state index is 5.82. The Balaban J connectivity index is 2.56. The van der Waals surface area contributed by atoms with Crippen LogP contribution >= 0.6 is 0 Å². The lowest BCUT2D eigenvalue weighted by atomic mass is 10.1. The van der Waals surface area contributed by atoms with Gasteiger partial charge >= 0.3 is 0 Å². The summed E-state index contributed by atoms with van der Waals surface area (Å²) in [6.45, 7) is 2.10. The van der Waals surface area contributed by atoms with E-state index >= 15 is 0 Å². The number of rotatable bonds is 5. The van der Waals surface area contributed by atoms with Gasteiger partial charge in [-0.2, -0.15) is 0 Å². The zero-order chi connectivity index (χ0) is 11.1. The Labute approximate surface area is 91.7 Å². The van der Waals surface area contributed by atoms with Gasteiger partial charge in [0.1, 0.15) is 5.75 Å². The van der Waals surface area contributed by atoms with Gasteiger partial charge in [0.15, 0.2) is 0 Å². The Morgan fingerprint density at radius 3 is 2.93 bits per heavy atom. The lowest BCUT2D eigenvalue weighted by Crippen LogP contribution is -2.16. The smallest absolute Gasteiger partial charge is 0.119 e. The molecular weight excluding hydrogens is 186 g/mol. The molecule has 0 aromatic heterocycles. The summed E-state index contributed by atoms with van der Waals surface area (Å²) < 4.78 is 5.14. The third kappa shape index (κ3) is 4.17. The van der Waals surface area contributed by atoms with Gasteiger partial charge in [0.25, 0.3) is 0 Å². The average Bonchev–Trinajstić information content (AvgIpc) is 2.29. The molecule has 0 spiro atoms. The van der Waals surface area contributed by atoms with Crippen molar-refractivity contribution in [2.45, 2.75) is 25.8 Å². The predicted octanol–water partition coefficient (Wildman–Crippen LogP) is 2.84. The van der Waals surface area contributed by atoms with Crippen molar-refractivity contribution in [3.63, 3.8) is 0 Å². The van der Waals surface area contributed by atoms with Crippen LogP contribution < -0.4 is 10.5 Å². The third-order valence-corrected chi connectivity index (χ3v) is 2.37. The Morgan fingerprint density at radius 1 is 1.47 bits per heavy atom. The minimum Gasteiger partial charge on any atom is -0.497 e. The summed E-state index contributed by atoms with van der Waals surface area (Å²) in [5.41, 5.74) is 6.97. The summed E-state index contributed by atoms with van der Waals surface area (Å²) in [5, 5.41) is 0. The maximum absolute atomic E-state index is 5.82. The number of hydrogen-bond acceptors (Lipinski definition) is 2. The topological polar surface area (TPSA) is 35.2 Å². The average molecular weight is 205 g/mol. The molecule has 1 rings (SSSR count). The first-order valence-electron chi connectivity index (χ1n) is 5.32. The molecule has 0 amide bonds. The predicted molar refractivity (Wildman–Crippen MR) is 64.9 cm³/mol.